The van der Waals surface area contributed by atoms with Gasteiger partial charge in [0.15, 0.2) is 0 Å². The van der Waals surface area contributed by atoms with Crippen LogP contribution in [0.3, 0.4) is 0 Å². The number of aromatic nitrogens is 1. The molecule has 1 amide bonds. The first-order chi connectivity index (χ1) is 8.54. The van der Waals surface area contributed by atoms with Crippen LogP contribution in [-0.2, 0) is 6.54 Å². The highest BCUT2D eigenvalue weighted by atomic mass is 19.3. The number of aliphatic hydroxyl groups is 1. The van der Waals surface area contributed by atoms with Crippen molar-refractivity contribution in [3.8, 4) is 0 Å². The average Bonchev–Trinajstić information content (AvgIpc) is 2.73. The number of hydrogen-bond donors (Lipinski definition) is 2. The van der Waals surface area contributed by atoms with E-state index < -0.39 is 25.0 Å². The predicted octanol–water partition coefficient (Wildman–Crippen LogP) is 1.64. The molecule has 6 heteroatoms. The van der Waals surface area contributed by atoms with E-state index >= 15 is 0 Å². The van der Waals surface area contributed by atoms with Crippen molar-refractivity contribution in [1.82, 2.24) is 9.88 Å². The van der Waals surface area contributed by atoms with Crippen LogP contribution in [0, 0.1) is 0 Å². The fourth-order valence-corrected chi connectivity index (χ4v) is 1.66. The molecule has 0 aliphatic rings. The number of nitrogens with one attached hydrogen (secondary N) is 1. The van der Waals surface area contributed by atoms with Gasteiger partial charge >= 0.3 is 0 Å². The van der Waals surface area contributed by atoms with Crippen LogP contribution in [0.2, 0.25) is 0 Å². The summed E-state index contributed by atoms with van der Waals surface area (Å²) in [5.74, 6) is -0.448. The molecule has 1 aromatic heterocycles. The Morgan fingerprint density at radius 1 is 1.56 bits per heavy atom. The van der Waals surface area contributed by atoms with Crippen molar-refractivity contribution in [2.75, 3.05) is 6.54 Å². The van der Waals surface area contributed by atoms with E-state index in [4.69, 9.17) is 0 Å². The Balaban J connectivity index is 2.53. The molecule has 2 N–H and O–H groups in total. The molecular weight excluding hydrogens is 242 g/mol. The molecule has 1 rings (SSSR count). The maximum atomic E-state index is 12.3. The molecule has 1 heterocycles. The van der Waals surface area contributed by atoms with Gasteiger partial charge in [-0.25, -0.2) is 8.78 Å². The summed E-state index contributed by atoms with van der Waals surface area (Å²) in [6.45, 7) is 1.55. The Morgan fingerprint density at radius 3 is 2.89 bits per heavy atom. The minimum absolute atomic E-state index is 0.131. The Bertz CT molecular complexity index is 380. The minimum Gasteiger partial charge on any atom is -0.391 e. The monoisotopic (exact) mass is 260 g/mol. The number of carbonyl (C=O) groups is 1. The van der Waals surface area contributed by atoms with Crippen molar-refractivity contribution in [1.29, 1.82) is 0 Å². The van der Waals surface area contributed by atoms with Crippen LogP contribution in [0.5, 0.6) is 0 Å². The third-order valence-electron chi connectivity index (χ3n) is 2.52. The van der Waals surface area contributed by atoms with E-state index in [2.05, 4.69) is 5.32 Å². The van der Waals surface area contributed by atoms with Gasteiger partial charge in [-0.1, -0.05) is 13.3 Å². The predicted molar refractivity (Wildman–Crippen MR) is 63.7 cm³/mol. The minimum atomic E-state index is -2.50. The van der Waals surface area contributed by atoms with Crippen molar-refractivity contribution in [2.24, 2.45) is 0 Å². The number of alkyl halides is 2. The van der Waals surface area contributed by atoms with Crippen molar-refractivity contribution < 1.29 is 18.7 Å². The summed E-state index contributed by atoms with van der Waals surface area (Å²) in [4.78, 5) is 11.7. The number of nitrogens with zero attached hydrogens (tertiary/aromatic N) is 1. The van der Waals surface area contributed by atoms with Crippen LogP contribution in [0.15, 0.2) is 18.3 Å². The summed E-state index contributed by atoms with van der Waals surface area (Å²) in [6.07, 6.45) is -0.257. The average molecular weight is 260 g/mol. The van der Waals surface area contributed by atoms with Crippen molar-refractivity contribution in [3.05, 3.63) is 24.0 Å². The van der Waals surface area contributed by atoms with E-state index in [1.165, 1.54) is 16.8 Å². The first-order valence-corrected chi connectivity index (χ1v) is 5.94. The highest BCUT2D eigenvalue weighted by Gasteiger charge is 2.14. The lowest BCUT2D eigenvalue weighted by Gasteiger charge is -2.12. The Labute approximate surface area is 105 Å². The number of aliphatic hydroxyl groups excluding tert-OH is 1. The molecule has 1 aromatic rings. The molecule has 0 saturated heterocycles. The van der Waals surface area contributed by atoms with Crippen LogP contribution < -0.4 is 5.32 Å². The summed E-state index contributed by atoms with van der Waals surface area (Å²) in [7, 11) is 0. The fourth-order valence-electron chi connectivity index (χ4n) is 1.66. The maximum absolute atomic E-state index is 12.3. The SMILES string of the molecule is CCCC(O)CNC(=O)c1cccn1CC(F)F. The standard InChI is InChI=1S/C12H18F2N2O2/c1-2-4-9(17)7-15-12(18)10-5-3-6-16(10)8-11(13)14/h3,5-6,9,11,17H,2,4,7-8H2,1H3,(H,15,18). The van der Waals surface area contributed by atoms with Gasteiger partial charge in [0.1, 0.15) is 5.69 Å². The van der Waals surface area contributed by atoms with Crippen LogP contribution in [0.4, 0.5) is 8.78 Å². The van der Waals surface area contributed by atoms with E-state index in [1.54, 1.807) is 6.07 Å². The number of rotatable bonds is 7. The smallest absolute Gasteiger partial charge is 0.267 e. The largest absolute Gasteiger partial charge is 0.391 e. The van der Waals surface area contributed by atoms with Gasteiger partial charge in [0, 0.05) is 12.7 Å². The van der Waals surface area contributed by atoms with E-state index in [-0.39, 0.29) is 12.2 Å². The third kappa shape index (κ3) is 4.44. The van der Waals surface area contributed by atoms with Gasteiger partial charge < -0.3 is 15.0 Å². The molecule has 0 bridgehead atoms. The van der Waals surface area contributed by atoms with Gasteiger partial charge in [0.05, 0.1) is 12.6 Å². The zero-order valence-corrected chi connectivity index (χ0v) is 10.3. The molecule has 0 aliphatic carbocycles. The topological polar surface area (TPSA) is 54.3 Å². The molecule has 0 fully saturated rings. The van der Waals surface area contributed by atoms with Gasteiger partial charge in [-0.3, -0.25) is 4.79 Å². The van der Waals surface area contributed by atoms with E-state index in [0.29, 0.717) is 6.42 Å². The molecule has 0 radical (unpaired) electrons. The maximum Gasteiger partial charge on any atom is 0.267 e. The Kier molecular flexibility index (Phi) is 5.77. The summed E-state index contributed by atoms with van der Waals surface area (Å²) in [5.41, 5.74) is 0.180. The first kappa shape index (κ1) is 14.6. The number of halogens is 2. The van der Waals surface area contributed by atoms with Crippen LogP contribution >= 0.6 is 0 Å². The Hall–Kier alpha value is -1.43. The van der Waals surface area contributed by atoms with Gasteiger partial charge in [-0.2, -0.15) is 0 Å². The molecule has 4 nitrogen and oxygen atoms in total. The Morgan fingerprint density at radius 2 is 2.28 bits per heavy atom. The summed E-state index contributed by atoms with van der Waals surface area (Å²) >= 11 is 0. The molecular formula is C12H18F2N2O2. The van der Waals surface area contributed by atoms with Crippen molar-refractivity contribution in [3.63, 3.8) is 0 Å². The van der Waals surface area contributed by atoms with Crippen LogP contribution in [-0.4, -0.2) is 34.7 Å². The lowest BCUT2D eigenvalue weighted by molar-refractivity contribution is 0.0889. The number of hydrogen-bond acceptors (Lipinski definition) is 2. The third-order valence-corrected chi connectivity index (χ3v) is 2.52. The molecule has 102 valence electrons. The molecule has 0 spiro atoms. The summed E-state index contributed by atoms with van der Waals surface area (Å²) in [5, 5.41) is 12.0. The molecule has 1 atom stereocenters. The zero-order chi connectivity index (χ0) is 13.5. The van der Waals surface area contributed by atoms with Crippen LogP contribution in [0.1, 0.15) is 30.3 Å². The highest BCUT2D eigenvalue weighted by Crippen LogP contribution is 2.06. The fraction of sp³-hybridized carbons (Fsp3) is 0.583. The van der Waals surface area contributed by atoms with Crippen LogP contribution in [0.25, 0.3) is 0 Å². The number of carbonyl (C=O) groups excluding carboxylic acids is 1. The zero-order valence-electron chi connectivity index (χ0n) is 10.3. The van der Waals surface area contributed by atoms with E-state index in [0.717, 1.165) is 6.42 Å². The van der Waals surface area contributed by atoms with Gasteiger partial charge in [-0.05, 0) is 18.6 Å². The second-order valence-corrected chi connectivity index (χ2v) is 4.09. The molecule has 18 heavy (non-hydrogen) atoms. The summed E-state index contributed by atoms with van der Waals surface area (Å²) < 4.78 is 25.7. The second-order valence-electron chi connectivity index (χ2n) is 4.09. The summed E-state index contributed by atoms with van der Waals surface area (Å²) in [6, 6.07) is 3.02. The highest BCUT2D eigenvalue weighted by molar-refractivity contribution is 5.92. The quantitative estimate of drug-likeness (QED) is 0.783. The number of amides is 1. The van der Waals surface area contributed by atoms with Crippen molar-refractivity contribution >= 4 is 5.91 Å². The molecule has 0 aromatic carbocycles. The normalized spacial score (nSPS) is 12.7. The molecule has 0 saturated carbocycles. The van der Waals surface area contributed by atoms with Gasteiger partial charge in [0.25, 0.3) is 12.3 Å². The van der Waals surface area contributed by atoms with Crippen molar-refractivity contribution in [2.45, 2.75) is 38.8 Å². The first-order valence-electron chi connectivity index (χ1n) is 5.94. The van der Waals surface area contributed by atoms with Gasteiger partial charge in [0.2, 0.25) is 0 Å². The van der Waals surface area contributed by atoms with E-state index in [1.807, 2.05) is 6.92 Å². The van der Waals surface area contributed by atoms with Gasteiger partial charge in [-0.15, -0.1) is 0 Å². The molecule has 0 aliphatic heterocycles. The lowest BCUT2D eigenvalue weighted by Crippen LogP contribution is -2.33. The molecule has 1 unspecified atom stereocenters. The second kappa shape index (κ2) is 7.10. The van der Waals surface area contributed by atoms with E-state index in [9.17, 15) is 18.7 Å². The lowest BCUT2D eigenvalue weighted by atomic mass is 10.2.